The molecule has 30 heavy (non-hydrogen) atoms. The summed E-state index contributed by atoms with van der Waals surface area (Å²) in [6.45, 7) is 4.51. The molecular weight excluding hydrogens is 402 g/mol. The van der Waals surface area contributed by atoms with Gasteiger partial charge in [-0.05, 0) is 60.9 Å². The normalized spacial score (nSPS) is 11.7. The fourth-order valence-corrected chi connectivity index (χ4v) is 6.74. The molecule has 3 aromatic carbocycles. The van der Waals surface area contributed by atoms with E-state index in [4.69, 9.17) is 4.98 Å². The minimum Gasteiger partial charge on any atom is -0.247 e. The van der Waals surface area contributed by atoms with Gasteiger partial charge in [-0.25, -0.2) is 4.98 Å². The van der Waals surface area contributed by atoms with Crippen LogP contribution in [0.15, 0.2) is 78.9 Å². The van der Waals surface area contributed by atoms with Gasteiger partial charge in [-0.1, -0.05) is 48.5 Å². The van der Waals surface area contributed by atoms with Crippen molar-refractivity contribution in [2.45, 2.75) is 13.8 Å². The zero-order valence-electron chi connectivity index (χ0n) is 16.8. The standard InChI is InChI=1S/C27H19NS2/c1-16-14-20-19-10-6-7-11-23(19)30-27(20)17(2)26(16)25-15-22-24(29-25)13-12-21(28-22)18-8-4-3-5-9-18/h3-15H,1-2H3. The molecule has 3 heterocycles. The molecule has 0 aliphatic heterocycles. The van der Waals surface area contributed by atoms with Gasteiger partial charge in [0.05, 0.1) is 15.9 Å². The fraction of sp³-hybridized carbons (Fsp3) is 0.0741. The number of aromatic nitrogens is 1. The van der Waals surface area contributed by atoms with Gasteiger partial charge in [0.15, 0.2) is 0 Å². The molecule has 0 spiro atoms. The summed E-state index contributed by atoms with van der Waals surface area (Å²) in [4.78, 5) is 6.26. The molecule has 0 bridgehead atoms. The van der Waals surface area contributed by atoms with E-state index in [0.717, 1.165) is 16.8 Å². The lowest BCUT2D eigenvalue weighted by Gasteiger charge is -2.09. The molecule has 3 aromatic heterocycles. The van der Waals surface area contributed by atoms with Crippen molar-refractivity contribution >= 4 is 53.1 Å². The first-order valence-electron chi connectivity index (χ1n) is 10.1. The van der Waals surface area contributed by atoms with Crippen LogP contribution in [0.1, 0.15) is 11.1 Å². The second-order valence-electron chi connectivity index (χ2n) is 7.72. The first-order valence-corrected chi connectivity index (χ1v) is 11.7. The quantitative estimate of drug-likeness (QED) is 0.273. The number of benzene rings is 3. The van der Waals surface area contributed by atoms with Crippen LogP contribution < -0.4 is 0 Å². The molecule has 6 aromatic rings. The molecule has 0 radical (unpaired) electrons. The van der Waals surface area contributed by atoms with Crippen LogP contribution in [0, 0.1) is 13.8 Å². The first-order chi connectivity index (χ1) is 14.7. The highest BCUT2D eigenvalue weighted by Crippen LogP contribution is 2.44. The van der Waals surface area contributed by atoms with E-state index >= 15 is 0 Å². The molecule has 6 rings (SSSR count). The molecule has 144 valence electrons. The highest BCUT2D eigenvalue weighted by molar-refractivity contribution is 7.26. The molecule has 3 heteroatoms. The maximum absolute atomic E-state index is 4.96. The molecule has 0 saturated carbocycles. The van der Waals surface area contributed by atoms with Gasteiger partial charge in [0.2, 0.25) is 0 Å². The highest BCUT2D eigenvalue weighted by atomic mass is 32.1. The van der Waals surface area contributed by atoms with Crippen molar-refractivity contribution in [1.29, 1.82) is 0 Å². The van der Waals surface area contributed by atoms with E-state index in [1.165, 1.54) is 46.4 Å². The Morgan fingerprint density at radius 3 is 2.37 bits per heavy atom. The average molecular weight is 422 g/mol. The Balaban J connectivity index is 1.55. The first kappa shape index (κ1) is 17.8. The minimum atomic E-state index is 1.03. The zero-order valence-corrected chi connectivity index (χ0v) is 18.4. The summed E-state index contributed by atoms with van der Waals surface area (Å²) in [5, 5.41) is 2.74. The summed E-state index contributed by atoms with van der Waals surface area (Å²) >= 11 is 3.74. The van der Waals surface area contributed by atoms with Gasteiger partial charge in [0.1, 0.15) is 0 Å². The summed E-state index contributed by atoms with van der Waals surface area (Å²) in [7, 11) is 0. The van der Waals surface area contributed by atoms with Gasteiger partial charge in [0, 0.05) is 30.6 Å². The van der Waals surface area contributed by atoms with Crippen LogP contribution in [0.25, 0.3) is 52.1 Å². The van der Waals surface area contributed by atoms with E-state index in [1.807, 2.05) is 28.7 Å². The number of aryl methyl sites for hydroxylation is 2. The lowest BCUT2D eigenvalue weighted by Crippen LogP contribution is -1.86. The van der Waals surface area contributed by atoms with Gasteiger partial charge < -0.3 is 0 Å². The van der Waals surface area contributed by atoms with Crippen molar-refractivity contribution in [2.75, 3.05) is 0 Å². The Labute approximate surface area is 183 Å². The second kappa shape index (κ2) is 6.76. The molecule has 0 N–H and O–H groups in total. The van der Waals surface area contributed by atoms with Crippen molar-refractivity contribution in [3.05, 3.63) is 90.0 Å². The third-order valence-electron chi connectivity index (χ3n) is 5.79. The largest absolute Gasteiger partial charge is 0.247 e. The SMILES string of the molecule is Cc1cc2c(sc3ccccc32)c(C)c1-c1cc2nc(-c3ccccc3)ccc2s1. The van der Waals surface area contributed by atoms with E-state index in [1.54, 1.807) is 0 Å². The average Bonchev–Trinajstić information content (AvgIpc) is 3.35. The van der Waals surface area contributed by atoms with Crippen LogP contribution in [-0.4, -0.2) is 4.98 Å². The van der Waals surface area contributed by atoms with Crippen LogP contribution in [-0.2, 0) is 0 Å². The van der Waals surface area contributed by atoms with Gasteiger partial charge >= 0.3 is 0 Å². The molecular formula is C27H19NS2. The summed E-state index contributed by atoms with van der Waals surface area (Å²) < 4.78 is 3.99. The second-order valence-corrected chi connectivity index (χ2v) is 9.86. The lowest BCUT2D eigenvalue weighted by atomic mass is 9.98. The molecule has 0 fully saturated rings. The van der Waals surface area contributed by atoms with Crippen molar-refractivity contribution in [1.82, 2.24) is 4.98 Å². The number of fused-ring (bicyclic) bond motifs is 4. The van der Waals surface area contributed by atoms with Gasteiger partial charge in [-0.3, -0.25) is 0 Å². The van der Waals surface area contributed by atoms with Gasteiger partial charge in [-0.2, -0.15) is 0 Å². The summed E-state index contributed by atoms with van der Waals surface area (Å²) in [5.74, 6) is 0. The number of thiophene rings is 2. The molecule has 0 atom stereocenters. The predicted octanol–water partition coefficient (Wildman–Crippen LogP) is 8.62. The molecule has 0 saturated heterocycles. The van der Waals surface area contributed by atoms with E-state index in [9.17, 15) is 0 Å². The fourth-order valence-electron chi connectivity index (χ4n) is 4.38. The number of rotatable bonds is 2. The summed E-state index contributed by atoms with van der Waals surface area (Å²) in [5.41, 5.74) is 7.33. The highest BCUT2D eigenvalue weighted by Gasteiger charge is 2.16. The van der Waals surface area contributed by atoms with E-state index in [0.29, 0.717) is 0 Å². The Hall–Kier alpha value is -3.01. The van der Waals surface area contributed by atoms with E-state index in [-0.39, 0.29) is 0 Å². The maximum atomic E-state index is 4.96. The number of hydrogen-bond acceptors (Lipinski definition) is 3. The molecule has 0 amide bonds. The molecule has 0 aliphatic carbocycles. The van der Waals surface area contributed by atoms with Crippen LogP contribution in [0.3, 0.4) is 0 Å². The third kappa shape index (κ3) is 2.70. The maximum Gasteiger partial charge on any atom is 0.0823 e. The van der Waals surface area contributed by atoms with Crippen molar-refractivity contribution in [3.8, 4) is 21.7 Å². The molecule has 1 nitrogen and oxygen atoms in total. The van der Waals surface area contributed by atoms with Crippen LogP contribution in [0.4, 0.5) is 0 Å². The smallest absolute Gasteiger partial charge is 0.0823 e. The summed E-state index contributed by atoms with van der Waals surface area (Å²) in [6.07, 6.45) is 0. The van der Waals surface area contributed by atoms with Crippen molar-refractivity contribution in [3.63, 3.8) is 0 Å². The predicted molar refractivity (Wildman–Crippen MR) is 133 cm³/mol. The van der Waals surface area contributed by atoms with Crippen molar-refractivity contribution < 1.29 is 0 Å². The topological polar surface area (TPSA) is 12.9 Å². The lowest BCUT2D eigenvalue weighted by molar-refractivity contribution is 1.41. The molecule has 0 aliphatic rings. The number of pyridine rings is 1. The van der Waals surface area contributed by atoms with Gasteiger partial charge in [-0.15, -0.1) is 22.7 Å². The van der Waals surface area contributed by atoms with Crippen LogP contribution in [0.5, 0.6) is 0 Å². The number of nitrogens with zero attached hydrogens (tertiary/aromatic N) is 1. The van der Waals surface area contributed by atoms with Crippen molar-refractivity contribution in [2.24, 2.45) is 0 Å². The Morgan fingerprint density at radius 1 is 0.700 bits per heavy atom. The Kier molecular flexibility index (Phi) is 4.02. The Bertz CT molecular complexity index is 1550. The van der Waals surface area contributed by atoms with Crippen LogP contribution in [0.2, 0.25) is 0 Å². The van der Waals surface area contributed by atoms with E-state index < -0.39 is 0 Å². The minimum absolute atomic E-state index is 1.03. The summed E-state index contributed by atoms with van der Waals surface area (Å²) in [6, 6.07) is 28.1. The third-order valence-corrected chi connectivity index (χ3v) is 8.21. The monoisotopic (exact) mass is 421 g/mol. The van der Waals surface area contributed by atoms with Gasteiger partial charge in [0.25, 0.3) is 0 Å². The number of hydrogen-bond donors (Lipinski definition) is 0. The van der Waals surface area contributed by atoms with E-state index in [2.05, 4.69) is 86.6 Å². The zero-order chi connectivity index (χ0) is 20.2. The Morgan fingerprint density at radius 2 is 1.50 bits per heavy atom. The molecule has 0 unspecified atom stereocenters. The van der Waals surface area contributed by atoms with Crippen LogP contribution >= 0.6 is 22.7 Å².